The molecule has 3 N–H and O–H groups in total. The first-order valence-corrected chi connectivity index (χ1v) is 6.07. The highest BCUT2D eigenvalue weighted by Gasteiger charge is 2.09. The van der Waals surface area contributed by atoms with Gasteiger partial charge in [0.2, 0.25) is 0 Å². The lowest BCUT2D eigenvalue weighted by Gasteiger charge is -2.17. The Morgan fingerprint density at radius 3 is 2.56 bits per heavy atom. The molecule has 2 aromatic rings. The Hall–Kier alpha value is -1.55. The molecule has 4 heteroatoms. The first-order valence-electron chi connectivity index (χ1n) is 5.69. The number of halogens is 1. The Kier molecular flexibility index (Phi) is 4.59. The summed E-state index contributed by atoms with van der Waals surface area (Å²) in [7, 11) is 0. The number of rotatable bonds is 5. The van der Waals surface area contributed by atoms with Gasteiger partial charge < -0.3 is 4.74 Å². The van der Waals surface area contributed by atoms with E-state index in [1.165, 1.54) is 0 Å². The first-order chi connectivity index (χ1) is 8.79. The smallest absolute Gasteiger partial charge is 0.120 e. The minimum absolute atomic E-state index is 0.0508. The SMILES string of the molecule is NNC(COc1cccc(Cl)c1)c1ccccc1. The van der Waals surface area contributed by atoms with Gasteiger partial charge in [-0.05, 0) is 23.8 Å². The van der Waals surface area contributed by atoms with Crippen molar-refractivity contribution < 1.29 is 4.74 Å². The molecule has 0 spiro atoms. The molecule has 94 valence electrons. The molecule has 0 heterocycles. The first kappa shape index (κ1) is 12.9. The fourth-order valence-electron chi connectivity index (χ4n) is 1.66. The molecule has 3 nitrogen and oxygen atoms in total. The number of hydrogen-bond acceptors (Lipinski definition) is 3. The Morgan fingerprint density at radius 2 is 1.89 bits per heavy atom. The van der Waals surface area contributed by atoms with E-state index in [1.54, 1.807) is 6.07 Å². The highest BCUT2D eigenvalue weighted by molar-refractivity contribution is 6.30. The third-order valence-corrected chi connectivity index (χ3v) is 2.85. The molecule has 2 aromatic carbocycles. The van der Waals surface area contributed by atoms with E-state index in [-0.39, 0.29) is 6.04 Å². The molecule has 0 radical (unpaired) electrons. The molecule has 1 atom stereocenters. The van der Waals surface area contributed by atoms with E-state index >= 15 is 0 Å². The molecule has 0 aliphatic rings. The second kappa shape index (κ2) is 6.40. The van der Waals surface area contributed by atoms with Gasteiger partial charge in [-0.3, -0.25) is 5.84 Å². The Bertz CT molecular complexity index is 490. The van der Waals surface area contributed by atoms with Gasteiger partial charge in [-0.2, -0.15) is 0 Å². The summed E-state index contributed by atoms with van der Waals surface area (Å²) in [6, 6.07) is 17.2. The lowest BCUT2D eigenvalue weighted by atomic mass is 10.1. The maximum atomic E-state index is 5.89. The van der Waals surface area contributed by atoms with Gasteiger partial charge in [0.05, 0.1) is 6.04 Å². The summed E-state index contributed by atoms with van der Waals surface area (Å²) in [6.07, 6.45) is 0. The van der Waals surface area contributed by atoms with Crippen molar-refractivity contribution in [3.05, 3.63) is 65.2 Å². The predicted molar refractivity (Wildman–Crippen MR) is 73.5 cm³/mol. The van der Waals surface area contributed by atoms with E-state index in [0.717, 1.165) is 11.3 Å². The van der Waals surface area contributed by atoms with Crippen LogP contribution in [-0.4, -0.2) is 6.61 Å². The molecule has 0 aromatic heterocycles. The van der Waals surface area contributed by atoms with E-state index in [0.29, 0.717) is 11.6 Å². The zero-order valence-corrected chi connectivity index (χ0v) is 10.6. The van der Waals surface area contributed by atoms with Gasteiger partial charge >= 0.3 is 0 Å². The zero-order chi connectivity index (χ0) is 12.8. The minimum Gasteiger partial charge on any atom is -0.492 e. The number of nitrogens with two attached hydrogens (primary N) is 1. The highest BCUT2D eigenvalue weighted by Crippen LogP contribution is 2.19. The van der Waals surface area contributed by atoms with Crippen molar-refractivity contribution in [2.75, 3.05) is 6.61 Å². The number of hydrogen-bond donors (Lipinski definition) is 2. The highest BCUT2D eigenvalue weighted by atomic mass is 35.5. The molecule has 0 saturated heterocycles. The second-order valence-electron chi connectivity index (χ2n) is 3.90. The number of benzene rings is 2. The van der Waals surface area contributed by atoms with Gasteiger partial charge in [0.25, 0.3) is 0 Å². The Morgan fingerprint density at radius 1 is 1.11 bits per heavy atom. The third-order valence-electron chi connectivity index (χ3n) is 2.62. The van der Waals surface area contributed by atoms with Crippen LogP contribution in [0.15, 0.2) is 54.6 Å². The van der Waals surface area contributed by atoms with E-state index in [2.05, 4.69) is 5.43 Å². The fourth-order valence-corrected chi connectivity index (χ4v) is 1.84. The van der Waals surface area contributed by atoms with Crippen LogP contribution < -0.4 is 16.0 Å². The molecular weight excluding hydrogens is 248 g/mol. The maximum Gasteiger partial charge on any atom is 0.120 e. The van der Waals surface area contributed by atoms with Crippen LogP contribution in [0.3, 0.4) is 0 Å². The van der Waals surface area contributed by atoms with Crippen molar-refractivity contribution in [2.24, 2.45) is 5.84 Å². The van der Waals surface area contributed by atoms with Crippen LogP contribution in [-0.2, 0) is 0 Å². The standard InChI is InChI=1S/C14H15ClN2O/c15-12-7-4-8-13(9-12)18-10-14(17-16)11-5-2-1-3-6-11/h1-9,14,17H,10,16H2. The number of nitrogens with one attached hydrogen (secondary N) is 1. The lowest BCUT2D eigenvalue weighted by Crippen LogP contribution is -2.32. The molecule has 0 saturated carbocycles. The zero-order valence-electron chi connectivity index (χ0n) is 9.84. The molecule has 18 heavy (non-hydrogen) atoms. The van der Waals surface area contributed by atoms with E-state index < -0.39 is 0 Å². The molecular formula is C14H15ClN2O. The minimum atomic E-state index is -0.0508. The van der Waals surface area contributed by atoms with E-state index in [9.17, 15) is 0 Å². The monoisotopic (exact) mass is 262 g/mol. The topological polar surface area (TPSA) is 47.3 Å². The summed E-state index contributed by atoms with van der Waals surface area (Å²) in [5, 5.41) is 0.657. The fraction of sp³-hybridized carbons (Fsp3) is 0.143. The van der Waals surface area contributed by atoms with Gasteiger partial charge in [0, 0.05) is 5.02 Å². The summed E-state index contributed by atoms with van der Waals surface area (Å²) in [6.45, 7) is 0.445. The predicted octanol–water partition coefficient (Wildman–Crippen LogP) is 2.92. The number of hydrazine groups is 1. The molecule has 0 bridgehead atoms. The summed E-state index contributed by atoms with van der Waals surface area (Å²) in [4.78, 5) is 0. The van der Waals surface area contributed by atoms with Gasteiger partial charge in [0.15, 0.2) is 0 Å². The van der Waals surface area contributed by atoms with Crippen molar-refractivity contribution in [3.8, 4) is 5.75 Å². The normalized spacial score (nSPS) is 12.1. The summed E-state index contributed by atoms with van der Waals surface area (Å²) in [5.41, 5.74) is 3.83. The third kappa shape index (κ3) is 3.47. The summed E-state index contributed by atoms with van der Waals surface area (Å²) < 4.78 is 5.67. The van der Waals surface area contributed by atoms with Crippen molar-refractivity contribution in [1.29, 1.82) is 0 Å². The second-order valence-corrected chi connectivity index (χ2v) is 4.33. The largest absolute Gasteiger partial charge is 0.492 e. The van der Waals surface area contributed by atoms with Gasteiger partial charge in [-0.15, -0.1) is 0 Å². The van der Waals surface area contributed by atoms with Gasteiger partial charge in [-0.25, -0.2) is 5.43 Å². The molecule has 0 amide bonds. The van der Waals surface area contributed by atoms with E-state index in [4.69, 9.17) is 22.2 Å². The van der Waals surface area contributed by atoms with Crippen LogP contribution in [0.2, 0.25) is 5.02 Å². The van der Waals surface area contributed by atoms with Crippen LogP contribution in [0.4, 0.5) is 0 Å². The van der Waals surface area contributed by atoms with Gasteiger partial charge in [-0.1, -0.05) is 48.0 Å². The van der Waals surface area contributed by atoms with Crippen LogP contribution in [0.1, 0.15) is 11.6 Å². The van der Waals surface area contributed by atoms with E-state index in [1.807, 2.05) is 48.5 Å². The molecule has 2 rings (SSSR count). The average molecular weight is 263 g/mol. The lowest BCUT2D eigenvalue weighted by molar-refractivity contribution is 0.267. The van der Waals surface area contributed by atoms with Crippen LogP contribution in [0.25, 0.3) is 0 Å². The summed E-state index contributed by atoms with van der Waals surface area (Å²) >= 11 is 5.89. The maximum absolute atomic E-state index is 5.89. The van der Waals surface area contributed by atoms with Crippen LogP contribution in [0, 0.1) is 0 Å². The Balaban J connectivity index is 2.00. The van der Waals surface area contributed by atoms with Crippen LogP contribution >= 0.6 is 11.6 Å². The molecule has 0 aliphatic heterocycles. The quantitative estimate of drug-likeness (QED) is 0.643. The average Bonchev–Trinajstić information content (AvgIpc) is 2.41. The Labute approximate surface area is 111 Å². The molecule has 0 fully saturated rings. The van der Waals surface area contributed by atoms with Crippen LogP contribution in [0.5, 0.6) is 5.75 Å². The van der Waals surface area contributed by atoms with Gasteiger partial charge in [0.1, 0.15) is 12.4 Å². The summed E-state index contributed by atoms with van der Waals surface area (Å²) in [5.74, 6) is 6.28. The van der Waals surface area contributed by atoms with Crippen molar-refractivity contribution >= 4 is 11.6 Å². The molecule has 1 unspecified atom stereocenters. The van der Waals surface area contributed by atoms with Crippen molar-refractivity contribution in [1.82, 2.24) is 5.43 Å². The van der Waals surface area contributed by atoms with Crippen molar-refractivity contribution in [3.63, 3.8) is 0 Å². The number of ether oxygens (including phenoxy) is 1. The molecule has 0 aliphatic carbocycles. The van der Waals surface area contributed by atoms with Crippen molar-refractivity contribution in [2.45, 2.75) is 6.04 Å².